The van der Waals surface area contributed by atoms with Crippen LogP contribution in [0.4, 0.5) is 0 Å². The molecule has 0 spiro atoms. The van der Waals surface area contributed by atoms with Gasteiger partial charge in [-0.2, -0.15) is 0 Å². The fourth-order valence-corrected chi connectivity index (χ4v) is 0.284. The number of rotatable bonds is 3. The van der Waals surface area contributed by atoms with Crippen molar-refractivity contribution in [1.29, 1.82) is 0 Å². The first-order valence-electron chi connectivity index (χ1n) is 3.15. The summed E-state index contributed by atoms with van der Waals surface area (Å²) in [5.74, 6) is 0. The average Bonchev–Trinajstić information content (AvgIpc) is 1.89. The summed E-state index contributed by atoms with van der Waals surface area (Å²) >= 11 is 0. The molecule has 2 nitrogen and oxygen atoms in total. The second-order valence-corrected chi connectivity index (χ2v) is 1.49. The first kappa shape index (κ1) is 8.16. The Kier molecular flexibility index (Phi) is 6.49. The molecule has 0 bridgehead atoms. The lowest BCUT2D eigenvalue weighted by Gasteiger charge is -1.89. The van der Waals surface area contributed by atoms with E-state index < -0.39 is 0 Å². The van der Waals surface area contributed by atoms with Gasteiger partial charge in [-0.25, -0.2) is 0 Å². The monoisotopic (exact) mass is 128 g/mol. The van der Waals surface area contributed by atoms with Gasteiger partial charge in [-0.3, -0.25) is 0 Å². The molecule has 0 rings (SSSR count). The summed E-state index contributed by atoms with van der Waals surface area (Å²) in [4.78, 5) is 0. The van der Waals surface area contributed by atoms with Gasteiger partial charge in [0.1, 0.15) is 0 Å². The zero-order valence-corrected chi connectivity index (χ0v) is 5.94. The van der Waals surface area contributed by atoms with E-state index >= 15 is 0 Å². The molecule has 0 heterocycles. The Labute approximate surface area is 56.2 Å². The van der Waals surface area contributed by atoms with Crippen LogP contribution >= 0.6 is 0 Å². The van der Waals surface area contributed by atoms with Crippen molar-refractivity contribution in [3.8, 4) is 12.2 Å². The lowest BCUT2D eigenvalue weighted by Crippen LogP contribution is -1.84. The van der Waals surface area contributed by atoms with E-state index in [0.29, 0.717) is 13.2 Å². The zero-order chi connectivity index (χ0) is 6.95. The predicted molar refractivity (Wildman–Crippen MR) is 35.6 cm³/mol. The molecule has 0 aliphatic carbocycles. The molecule has 0 saturated carbocycles. The number of hydrogen-bond acceptors (Lipinski definition) is 2. The molecule has 52 valence electrons. The predicted octanol–water partition coefficient (Wildman–Crippen LogP) is 1.37. The van der Waals surface area contributed by atoms with E-state index in [-0.39, 0.29) is 0 Å². The molecule has 0 aromatic carbocycles. The minimum Gasteiger partial charge on any atom is -0.445 e. The van der Waals surface area contributed by atoms with Crippen molar-refractivity contribution in [1.82, 2.24) is 0 Å². The van der Waals surface area contributed by atoms with Crippen LogP contribution in [-0.4, -0.2) is 13.2 Å². The summed E-state index contributed by atoms with van der Waals surface area (Å²) < 4.78 is 9.49. The lowest BCUT2D eigenvalue weighted by atomic mass is 10.5. The number of hydrogen-bond donors (Lipinski definition) is 0. The molecule has 9 heavy (non-hydrogen) atoms. The molecular formula is C7H12O2. The molecule has 0 aliphatic rings. The quantitative estimate of drug-likeness (QED) is 0.422. The molecule has 2 heteroatoms. The summed E-state index contributed by atoms with van der Waals surface area (Å²) in [6.45, 7) is 5.21. The molecule has 0 unspecified atom stereocenters. The maximum atomic E-state index is 4.80. The van der Waals surface area contributed by atoms with Crippen molar-refractivity contribution >= 4 is 0 Å². The topological polar surface area (TPSA) is 18.5 Å². The van der Waals surface area contributed by atoms with Crippen molar-refractivity contribution in [2.45, 2.75) is 20.3 Å². The fraction of sp³-hybridized carbons (Fsp3) is 0.714. The van der Waals surface area contributed by atoms with Crippen LogP contribution < -0.4 is 0 Å². The summed E-state index contributed by atoms with van der Waals surface area (Å²) in [7, 11) is 0. The van der Waals surface area contributed by atoms with Crippen molar-refractivity contribution in [3.05, 3.63) is 0 Å². The highest BCUT2D eigenvalue weighted by molar-refractivity contribution is 4.79. The van der Waals surface area contributed by atoms with Gasteiger partial charge in [-0.05, 0) is 13.3 Å². The van der Waals surface area contributed by atoms with Gasteiger partial charge in [0.2, 0.25) is 0 Å². The van der Waals surface area contributed by atoms with E-state index in [1.165, 1.54) is 0 Å². The third-order valence-electron chi connectivity index (χ3n) is 0.637. The zero-order valence-electron chi connectivity index (χ0n) is 5.94. The van der Waals surface area contributed by atoms with Crippen molar-refractivity contribution in [2.75, 3.05) is 13.2 Å². The molecule has 0 aromatic rings. The van der Waals surface area contributed by atoms with E-state index in [2.05, 4.69) is 12.2 Å². The Morgan fingerprint density at radius 1 is 1.11 bits per heavy atom. The average molecular weight is 128 g/mol. The van der Waals surface area contributed by atoms with Gasteiger partial charge >= 0.3 is 0 Å². The van der Waals surface area contributed by atoms with E-state index in [4.69, 9.17) is 9.47 Å². The summed E-state index contributed by atoms with van der Waals surface area (Å²) in [6, 6.07) is 0. The van der Waals surface area contributed by atoms with Crippen LogP contribution in [0.1, 0.15) is 20.3 Å². The lowest BCUT2D eigenvalue weighted by molar-refractivity contribution is 0.255. The van der Waals surface area contributed by atoms with Crippen molar-refractivity contribution in [2.24, 2.45) is 0 Å². The van der Waals surface area contributed by atoms with Crippen LogP contribution in [0.3, 0.4) is 0 Å². The largest absolute Gasteiger partial charge is 0.445 e. The van der Waals surface area contributed by atoms with E-state index in [1.54, 1.807) is 0 Å². The Bertz CT molecular complexity index is 99.2. The first-order valence-corrected chi connectivity index (χ1v) is 3.15. The molecule has 0 aromatic heterocycles. The standard InChI is InChI=1S/C7H12O2/c1-3-5-9-7-6-8-4-2/h3-5H2,1-2H3. The Balaban J connectivity index is 2.96. The van der Waals surface area contributed by atoms with Crippen molar-refractivity contribution in [3.63, 3.8) is 0 Å². The normalized spacial score (nSPS) is 7.33. The molecule has 0 N–H and O–H groups in total. The highest BCUT2D eigenvalue weighted by Crippen LogP contribution is 1.75. The Hall–Kier alpha value is -0.840. The van der Waals surface area contributed by atoms with E-state index in [1.807, 2.05) is 13.8 Å². The fourth-order valence-electron chi connectivity index (χ4n) is 0.284. The van der Waals surface area contributed by atoms with Crippen LogP contribution in [0, 0.1) is 12.2 Å². The van der Waals surface area contributed by atoms with Crippen LogP contribution in [-0.2, 0) is 9.47 Å². The van der Waals surface area contributed by atoms with E-state index in [9.17, 15) is 0 Å². The van der Waals surface area contributed by atoms with Crippen molar-refractivity contribution < 1.29 is 9.47 Å². The van der Waals surface area contributed by atoms with Gasteiger partial charge in [0, 0.05) is 0 Å². The molecule has 0 fully saturated rings. The molecule has 0 radical (unpaired) electrons. The summed E-state index contributed by atoms with van der Waals surface area (Å²) in [5, 5.41) is 0. The van der Waals surface area contributed by atoms with Gasteiger partial charge in [0.15, 0.2) is 12.2 Å². The SMILES string of the molecule is CCCOC#COCC. The molecule has 0 saturated heterocycles. The van der Waals surface area contributed by atoms with E-state index in [0.717, 1.165) is 6.42 Å². The minimum absolute atomic E-state index is 0.614. The third-order valence-corrected chi connectivity index (χ3v) is 0.637. The second kappa shape index (κ2) is 7.16. The van der Waals surface area contributed by atoms with Gasteiger partial charge in [-0.1, -0.05) is 6.92 Å². The smallest absolute Gasteiger partial charge is 0.154 e. The van der Waals surface area contributed by atoms with Crippen LogP contribution in [0.25, 0.3) is 0 Å². The van der Waals surface area contributed by atoms with Gasteiger partial charge in [-0.15, -0.1) is 0 Å². The molecular weight excluding hydrogens is 116 g/mol. The summed E-state index contributed by atoms with van der Waals surface area (Å²) in [5.41, 5.74) is 0. The maximum absolute atomic E-state index is 4.80. The van der Waals surface area contributed by atoms with Crippen LogP contribution in [0.5, 0.6) is 0 Å². The summed E-state index contributed by atoms with van der Waals surface area (Å²) in [6.07, 6.45) is 5.80. The van der Waals surface area contributed by atoms with Gasteiger partial charge in [0.05, 0.1) is 13.2 Å². The number of ether oxygens (including phenoxy) is 2. The highest BCUT2D eigenvalue weighted by atomic mass is 16.5. The Morgan fingerprint density at radius 2 is 1.78 bits per heavy atom. The third kappa shape index (κ3) is 7.16. The van der Waals surface area contributed by atoms with Gasteiger partial charge < -0.3 is 9.47 Å². The van der Waals surface area contributed by atoms with Crippen LogP contribution in [0.15, 0.2) is 0 Å². The van der Waals surface area contributed by atoms with Gasteiger partial charge in [0.25, 0.3) is 0 Å². The minimum atomic E-state index is 0.614. The first-order chi connectivity index (χ1) is 4.41. The maximum Gasteiger partial charge on any atom is 0.154 e. The molecule has 0 atom stereocenters. The molecule has 0 aliphatic heterocycles. The van der Waals surface area contributed by atoms with Crippen LogP contribution in [0.2, 0.25) is 0 Å². The Morgan fingerprint density at radius 3 is 2.33 bits per heavy atom. The second-order valence-electron chi connectivity index (χ2n) is 1.49. The molecule has 0 amide bonds. The highest BCUT2D eigenvalue weighted by Gasteiger charge is 1.73.